The van der Waals surface area contributed by atoms with E-state index in [1.165, 1.54) is 12.8 Å². The molecule has 2 heterocycles. The van der Waals surface area contributed by atoms with Crippen molar-refractivity contribution >= 4 is 22.4 Å². The Morgan fingerprint density at radius 3 is 2.40 bits per heavy atom. The molecule has 0 bridgehead atoms. The van der Waals surface area contributed by atoms with Gasteiger partial charge in [-0.1, -0.05) is 0 Å². The minimum atomic E-state index is 0.669. The molecule has 2 aromatic carbocycles. The van der Waals surface area contributed by atoms with Gasteiger partial charge in [0.05, 0.1) is 37.6 Å². The summed E-state index contributed by atoms with van der Waals surface area (Å²) in [5.41, 5.74) is 5.07. The summed E-state index contributed by atoms with van der Waals surface area (Å²) in [6.45, 7) is 0.929. The summed E-state index contributed by atoms with van der Waals surface area (Å²) < 4.78 is 11.0. The first kappa shape index (κ1) is 18.4. The maximum absolute atomic E-state index is 5.49. The number of nitrogens with zero attached hydrogens (tertiary/aromatic N) is 5. The van der Waals surface area contributed by atoms with Gasteiger partial charge in [-0.15, -0.1) is 0 Å². The van der Waals surface area contributed by atoms with Crippen molar-refractivity contribution < 1.29 is 9.47 Å². The molecule has 0 unspecified atom stereocenters. The molecule has 30 heavy (non-hydrogen) atoms. The van der Waals surface area contributed by atoms with Gasteiger partial charge in [-0.05, 0) is 37.0 Å². The van der Waals surface area contributed by atoms with E-state index in [2.05, 4.69) is 37.4 Å². The number of aromatic amines is 1. The van der Waals surface area contributed by atoms with E-state index in [1.54, 1.807) is 26.6 Å². The van der Waals surface area contributed by atoms with Gasteiger partial charge >= 0.3 is 0 Å². The van der Waals surface area contributed by atoms with Crippen molar-refractivity contribution in [1.82, 2.24) is 25.4 Å². The maximum atomic E-state index is 5.49. The number of nitrogens with one attached hydrogen (secondary N) is 1. The van der Waals surface area contributed by atoms with Crippen LogP contribution < -0.4 is 14.4 Å². The molecule has 1 fully saturated rings. The molecule has 0 aliphatic heterocycles. The molecule has 8 nitrogen and oxygen atoms in total. The van der Waals surface area contributed by atoms with Crippen molar-refractivity contribution in [2.45, 2.75) is 12.8 Å². The number of hydrogen-bond donors (Lipinski definition) is 1. The lowest BCUT2D eigenvalue weighted by Gasteiger charge is -2.26. The number of anilines is 2. The molecule has 4 aromatic rings. The minimum absolute atomic E-state index is 0.669. The smallest absolute Gasteiger partial charge is 0.132 e. The first-order valence-corrected chi connectivity index (χ1v) is 9.87. The van der Waals surface area contributed by atoms with Gasteiger partial charge < -0.3 is 14.4 Å². The van der Waals surface area contributed by atoms with E-state index in [0.29, 0.717) is 17.3 Å². The Bertz CT molecular complexity index is 1150. The van der Waals surface area contributed by atoms with Crippen LogP contribution in [-0.4, -0.2) is 46.1 Å². The number of ether oxygens (including phenoxy) is 2. The third-order valence-electron chi connectivity index (χ3n) is 5.30. The van der Waals surface area contributed by atoms with Crippen molar-refractivity contribution in [3.63, 3.8) is 0 Å². The standard InChI is InChI=1S/C22H22N6O2/c1-29-17-7-16(8-18(10-17)30-2)28(13-14-3-4-14)15-5-6-19-20(9-15)25-21(11-23-19)22-12-24-27-26-22/h5-12,14H,3-4,13H2,1-2H3,(H,24,26,27). The van der Waals surface area contributed by atoms with E-state index in [1.807, 2.05) is 24.3 Å². The number of fused-ring (bicyclic) bond motifs is 1. The predicted molar refractivity (Wildman–Crippen MR) is 114 cm³/mol. The second-order valence-electron chi connectivity index (χ2n) is 7.41. The zero-order valence-electron chi connectivity index (χ0n) is 16.9. The van der Waals surface area contributed by atoms with Gasteiger partial charge in [0, 0.05) is 36.1 Å². The average Bonchev–Trinajstić information content (AvgIpc) is 3.45. The molecule has 1 N–H and O–H groups in total. The van der Waals surface area contributed by atoms with Gasteiger partial charge in [0.25, 0.3) is 0 Å². The lowest BCUT2D eigenvalue weighted by Crippen LogP contribution is -2.20. The fourth-order valence-electron chi connectivity index (χ4n) is 3.48. The summed E-state index contributed by atoms with van der Waals surface area (Å²) in [6, 6.07) is 12.1. The molecule has 0 atom stereocenters. The quantitative estimate of drug-likeness (QED) is 0.500. The highest BCUT2D eigenvalue weighted by atomic mass is 16.5. The first-order valence-electron chi connectivity index (χ1n) is 9.87. The van der Waals surface area contributed by atoms with Crippen LogP contribution in [0.2, 0.25) is 0 Å². The Balaban J connectivity index is 1.58. The van der Waals surface area contributed by atoms with Gasteiger partial charge in [-0.3, -0.25) is 4.98 Å². The van der Waals surface area contributed by atoms with Crippen molar-refractivity contribution in [2.75, 3.05) is 25.7 Å². The largest absolute Gasteiger partial charge is 0.497 e. The number of benzene rings is 2. The molecule has 152 valence electrons. The summed E-state index contributed by atoms with van der Waals surface area (Å²) in [5, 5.41) is 10.6. The summed E-state index contributed by atoms with van der Waals surface area (Å²) in [4.78, 5) is 11.6. The summed E-state index contributed by atoms with van der Waals surface area (Å²) >= 11 is 0. The molecule has 0 saturated heterocycles. The third-order valence-corrected chi connectivity index (χ3v) is 5.30. The molecule has 0 spiro atoms. The van der Waals surface area contributed by atoms with E-state index >= 15 is 0 Å². The minimum Gasteiger partial charge on any atom is -0.497 e. The molecule has 0 amide bonds. The molecule has 5 rings (SSSR count). The highest BCUT2D eigenvalue weighted by Crippen LogP contribution is 2.38. The van der Waals surface area contributed by atoms with E-state index in [4.69, 9.17) is 14.5 Å². The Hall–Kier alpha value is -3.68. The summed E-state index contributed by atoms with van der Waals surface area (Å²) in [5.74, 6) is 2.21. The molecule has 1 aliphatic rings. The molecule has 8 heteroatoms. The normalized spacial score (nSPS) is 13.4. The van der Waals surface area contributed by atoms with Gasteiger partial charge in [0.15, 0.2) is 0 Å². The third kappa shape index (κ3) is 3.63. The second kappa shape index (κ2) is 7.62. The average molecular weight is 402 g/mol. The number of H-pyrrole nitrogens is 1. The van der Waals surface area contributed by atoms with Crippen LogP contribution in [-0.2, 0) is 0 Å². The van der Waals surface area contributed by atoms with Crippen LogP contribution in [0.3, 0.4) is 0 Å². The highest BCUT2D eigenvalue weighted by Gasteiger charge is 2.26. The zero-order chi connectivity index (χ0) is 20.5. The second-order valence-corrected chi connectivity index (χ2v) is 7.41. The summed E-state index contributed by atoms with van der Waals surface area (Å²) in [6.07, 6.45) is 5.86. The fraction of sp³-hybridized carbons (Fsp3) is 0.273. The first-order chi connectivity index (χ1) is 14.7. The zero-order valence-corrected chi connectivity index (χ0v) is 16.9. The Labute approximate surface area is 173 Å². The van der Waals surface area contributed by atoms with Crippen LogP contribution >= 0.6 is 0 Å². The molecule has 2 aromatic heterocycles. The van der Waals surface area contributed by atoms with Crippen LogP contribution in [0.4, 0.5) is 11.4 Å². The molecule has 0 radical (unpaired) electrons. The number of aromatic nitrogens is 5. The van der Waals surface area contributed by atoms with E-state index < -0.39 is 0 Å². The Morgan fingerprint density at radius 1 is 0.933 bits per heavy atom. The number of rotatable bonds is 7. The Morgan fingerprint density at radius 2 is 1.73 bits per heavy atom. The lowest BCUT2D eigenvalue weighted by molar-refractivity contribution is 0.394. The van der Waals surface area contributed by atoms with Crippen LogP contribution in [0.1, 0.15) is 12.8 Å². The van der Waals surface area contributed by atoms with Crippen molar-refractivity contribution in [3.05, 3.63) is 48.8 Å². The van der Waals surface area contributed by atoms with E-state index in [9.17, 15) is 0 Å². The Kier molecular flexibility index (Phi) is 4.66. The van der Waals surface area contributed by atoms with Crippen molar-refractivity contribution in [1.29, 1.82) is 0 Å². The number of methoxy groups -OCH3 is 2. The monoisotopic (exact) mass is 402 g/mol. The SMILES string of the molecule is COc1cc(OC)cc(N(CC2CC2)c2ccc3ncc(-c4cn[nH]n4)nc3c2)c1. The predicted octanol–water partition coefficient (Wildman–Crippen LogP) is 3.98. The van der Waals surface area contributed by atoms with Gasteiger partial charge in [0.2, 0.25) is 0 Å². The maximum Gasteiger partial charge on any atom is 0.132 e. The number of hydrogen-bond acceptors (Lipinski definition) is 7. The molecule has 1 saturated carbocycles. The van der Waals surface area contributed by atoms with Crippen LogP contribution in [0.15, 0.2) is 48.8 Å². The van der Waals surface area contributed by atoms with E-state index in [-0.39, 0.29) is 0 Å². The van der Waals surface area contributed by atoms with Gasteiger partial charge in [-0.25, -0.2) is 4.98 Å². The van der Waals surface area contributed by atoms with E-state index in [0.717, 1.165) is 40.5 Å². The lowest BCUT2D eigenvalue weighted by atomic mass is 10.1. The molecule has 1 aliphatic carbocycles. The van der Waals surface area contributed by atoms with Gasteiger partial charge in [-0.2, -0.15) is 15.4 Å². The highest BCUT2D eigenvalue weighted by molar-refractivity contribution is 5.82. The molecular formula is C22H22N6O2. The van der Waals surface area contributed by atoms with Crippen molar-refractivity contribution in [2.24, 2.45) is 5.92 Å². The van der Waals surface area contributed by atoms with Crippen LogP contribution in [0, 0.1) is 5.92 Å². The van der Waals surface area contributed by atoms with Crippen LogP contribution in [0.5, 0.6) is 11.5 Å². The van der Waals surface area contributed by atoms with Crippen LogP contribution in [0.25, 0.3) is 22.4 Å². The fourth-order valence-corrected chi connectivity index (χ4v) is 3.48. The topological polar surface area (TPSA) is 89.0 Å². The van der Waals surface area contributed by atoms with Gasteiger partial charge in [0.1, 0.15) is 22.9 Å². The summed E-state index contributed by atoms with van der Waals surface area (Å²) in [7, 11) is 3.33. The molecular weight excluding hydrogens is 380 g/mol. The van der Waals surface area contributed by atoms with Crippen molar-refractivity contribution in [3.8, 4) is 22.9 Å².